The van der Waals surface area contributed by atoms with Crippen molar-refractivity contribution in [3.8, 4) is 0 Å². The summed E-state index contributed by atoms with van der Waals surface area (Å²) in [4.78, 5) is 0. The summed E-state index contributed by atoms with van der Waals surface area (Å²) in [7, 11) is 0. The molecule has 1 aromatic rings. The van der Waals surface area contributed by atoms with Crippen molar-refractivity contribution in [2.45, 2.75) is 6.61 Å². The van der Waals surface area contributed by atoms with Gasteiger partial charge in [0.15, 0.2) is 0 Å². The second-order valence-electron chi connectivity index (χ2n) is 2.86. The van der Waals surface area contributed by atoms with Gasteiger partial charge in [-0.15, -0.1) is 0 Å². The highest BCUT2D eigenvalue weighted by Gasteiger charge is 2.02. The fraction of sp³-hybridized carbons (Fsp3) is 0.200. The van der Waals surface area contributed by atoms with Gasteiger partial charge < -0.3 is 10.4 Å². The van der Waals surface area contributed by atoms with Crippen molar-refractivity contribution in [2.75, 3.05) is 11.9 Å². The van der Waals surface area contributed by atoms with Crippen LogP contribution in [0.3, 0.4) is 0 Å². The Morgan fingerprint density at radius 2 is 2.33 bits per heavy atom. The van der Waals surface area contributed by atoms with Gasteiger partial charge in [0.1, 0.15) is 0 Å². The van der Waals surface area contributed by atoms with Crippen LogP contribution in [-0.4, -0.2) is 11.7 Å². The molecule has 0 saturated heterocycles. The second kappa shape index (κ2) is 2.99. The van der Waals surface area contributed by atoms with Crippen molar-refractivity contribution in [3.63, 3.8) is 0 Å². The van der Waals surface area contributed by atoms with Crippen molar-refractivity contribution < 1.29 is 5.11 Å². The molecule has 1 aliphatic heterocycles. The average Bonchev–Trinajstić information content (AvgIpc) is 2.17. The van der Waals surface area contributed by atoms with Gasteiger partial charge >= 0.3 is 0 Å². The summed E-state index contributed by atoms with van der Waals surface area (Å²) >= 11 is 0. The molecule has 0 amide bonds. The molecule has 2 heteroatoms. The minimum Gasteiger partial charge on any atom is -0.392 e. The highest BCUT2D eigenvalue weighted by molar-refractivity contribution is 5.70. The number of benzene rings is 1. The van der Waals surface area contributed by atoms with E-state index in [1.54, 1.807) is 0 Å². The summed E-state index contributed by atoms with van der Waals surface area (Å²) in [6.07, 6.45) is 4.17. The molecule has 2 rings (SSSR count). The van der Waals surface area contributed by atoms with E-state index in [1.807, 2.05) is 18.2 Å². The monoisotopic (exact) mass is 161 g/mol. The van der Waals surface area contributed by atoms with E-state index in [0.29, 0.717) is 0 Å². The van der Waals surface area contributed by atoms with Crippen LogP contribution in [0.2, 0.25) is 0 Å². The Morgan fingerprint density at radius 1 is 1.42 bits per heavy atom. The second-order valence-corrected chi connectivity index (χ2v) is 2.86. The normalized spacial score (nSPS) is 13.8. The standard InChI is InChI=1S/C10H11NO/c12-7-8-3-4-9-2-1-5-11-10(9)6-8/h1-4,6,11-12H,5,7H2. The number of anilines is 1. The number of hydrogen-bond donors (Lipinski definition) is 2. The Balaban J connectivity index is 2.44. The van der Waals surface area contributed by atoms with Crippen LogP contribution in [0.25, 0.3) is 6.08 Å². The van der Waals surface area contributed by atoms with Crippen molar-refractivity contribution in [3.05, 3.63) is 35.4 Å². The van der Waals surface area contributed by atoms with Crippen molar-refractivity contribution in [1.29, 1.82) is 0 Å². The molecule has 12 heavy (non-hydrogen) atoms. The van der Waals surface area contributed by atoms with Gasteiger partial charge in [-0.25, -0.2) is 0 Å². The maximum atomic E-state index is 8.89. The third kappa shape index (κ3) is 1.21. The van der Waals surface area contributed by atoms with Crippen LogP contribution in [0.4, 0.5) is 5.69 Å². The largest absolute Gasteiger partial charge is 0.392 e. The van der Waals surface area contributed by atoms with Gasteiger partial charge in [0.05, 0.1) is 6.61 Å². The third-order valence-electron chi connectivity index (χ3n) is 2.01. The number of fused-ring (bicyclic) bond motifs is 1. The molecule has 0 atom stereocenters. The van der Waals surface area contributed by atoms with Gasteiger partial charge in [0.2, 0.25) is 0 Å². The van der Waals surface area contributed by atoms with E-state index in [-0.39, 0.29) is 6.61 Å². The third-order valence-corrected chi connectivity index (χ3v) is 2.01. The molecule has 1 aromatic carbocycles. The van der Waals surface area contributed by atoms with Crippen molar-refractivity contribution >= 4 is 11.8 Å². The summed E-state index contributed by atoms with van der Waals surface area (Å²) < 4.78 is 0. The van der Waals surface area contributed by atoms with Gasteiger partial charge in [-0.05, 0) is 17.2 Å². The lowest BCUT2D eigenvalue weighted by Gasteiger charge is -2.13. The quantitative estimate of drug-likeness (QED) is 0.656. The molecule has 0 fully saturated rings. The maximum Gasteiger partial charge on any atom is 0.0682 e. The highest BCUT2D eigenvalue weighted by atomic mass is 16.3. The van der Waals surface area contributed by atoms with Crippen molar-refractivity contribution in [2.24, 2.45) is 0 Å². The lowest BCUT2D eigenvalue weighted by Crippen LogP contribution is -2.04. The minimum absolute atomic E-state index is 0.110. The number of hydrogen-bond acceptors (Lipinski definition) is 2. The van der Waals surface area contributed by atoms with Gasteiger partial charge in [-0.1, -0.05) is 24.3 Å². The zero-order chi connectivity index (χ0) is 8.39. The minimum atomic E-state index is 0.110. The fourth-order valence-corrected chi connectivity index (χ4v) is 1.35. The van der Waals surface area contributed by atoms with E-state index in [0.717, 1.165) is 17.8 Å². The molecule has 1 heterocycles. The topological polar surface area (TPSA) is 32.3 Å². The molecule has 2 nitrogen and oxygen atoms in total. The molecule has 0 saturated carbocycles. The van der Waals surface area contributed by atoms with Gasteiger partial charge in [0, 0.05) is 12.2 Å². The molecular formula is C10H11NO. The van der Waals surface area contributed by atoms with Gasteiger partial charge in [0.25, 0.3) is 0 Å². The predicted octanol–water partition coefficient (Wildman–Crippen LogP) is 1.62. The molecule has 0 aliphatic carbocycles. The SMILES string of the molecule is OCc1ccc2c(c1)NCC=C2. The van der Waals surface area contributed by atoms with Crippen molar-refractivity contribution in [1.82, 2.24) is 0 Å². The lowest BCUT2D eigenvalue weighted by molar-refractivity contribution is 0.282. The first-order valence-electron chi connectivity index (χ1n) is 4.04. The number of rotatable bonds is 1. The van der Waals surface area contributed by atoms with E-state index in [1.165, 1.54) is 5.56 Å². The molecule has 0 radical (unpaired) electrons. The summed E-state index contributed by atoms with van der Waals surface area (Å²) in [5.74, 6) is 0. The Labute approximate surface area is 71.5 Å². The molecule has 0 unspecified atom stereocenters. The average molecular weight is 161 g/mol. The lowest BCUT2D eigenvalue weighted by atomic mass is 10.1. The zero-order valence-corrected chi connectivity index (χ0v) is 6.75. The smallest absolute Gasteiger partial charge is 0.0682 e. The molecule has 0 aromatic heterocycles. The number of aliphatic hydroxyl groups is 1. The molecule has 2 N–H and O–H groups in total. The number of aliphatic hydroxyl groups excluding tert-OH is 1. The molecule has 1 aliphatic rings. The Hall–Kier alpha value is -1.28. The summed E-state index contributed by atoms with van der Waals surface area (Å²) in [6, 6.07) is 5.94. The Bertz CT molecular complexity index is 318. The molecule has 0 spiro atoms. The molecular weight excluding hydrogens is 150 g/mol. The van der Waals surface area contributed by atoms with E-state index in [9.17, 15) is 0 Å². The Kier molecular flexibility index (Phi) is 1.84. The first-order chi connectivity index (χ1) is 5.90. The summed E-state index contributed by atoms with van der Waals surface area (Å²) in [5.41, 5.74) is 3.26. The van der Waals surface area contributed by atoms with Gasteiger partial charge in [-0.2, -0.15) is 0 Å². The van der Waals surface area contributed by atoms with E-state index in [2.05, 4.69) is 17.5 Å². The van der Waals surface area contributed by atoms with Gasteiger partial charge in [-0.3, -0.25) is 0 Å². The van der Waals surface area contributed by atoms with E-state index in [4.69, 9.17) is 5.11 Å². The van der Waals surface area contributed by atoms with Crippen LogP contribution >= 0.6 is 0 Å². The fourth-order valence-electron chi connectivity index (χ4n) is 1.35. The van der Waals surface area contributed by atoms with Crippen LogP contribution < -0.4 is 5.32 Å². The molecule has 62 valence electrons. The van der Waals surface area contributed by atoms with Crippen LogP contribution in [0.15, 0.2) is 24.3 Å². The van der Waals surface area contributed by atoms with E-state index >= 15 is 0 Å². The van der Waals surface area contributed by atoms with E-state index < -0.39 is 0 Å². The first kappa shape index (κ1) is 7.37. The zero-order valence-electron chi connectivity index (χ0n) is 6.75. The first-order valence-corrected chi connectivity index (χ1v) is 4.04. The summed E-state index contributed by atoms with van der Waals surface area (Å²) in [6.45, 7) is 0.987. The molecule has 0 bridgehead atoms. The maximum absolute atomic E-state index is 8.89. The predicted molar refractivity (Wildman–Crippen MR) is 49.9 cm³/mol. The Morgan fingerprint density at radius 3 is 3.17 bits per heavy atom. The van der Waals surface area contributed by atoms with Crippen LogP contribution in [0, 0.1) is 0 Å². The summed E-state index contributed by atoms with van der Waals surface area (Å²) in [5, 5.41) is 12.1. The van der Waals surface area contributed by atoms with Crippen LogP contribution in [0.5, 0.6) is 0 Å². The number of nitrogens with one attached hydrogen (secondary N) is 1. The highest BCUT2D eigenvalue weighted by Crippen LogP contribution is 2.21. The van der Waals surface area contributed by atoms with Crippen LogP contribution in [0.1, 0.15) is 11.1 Å². The van der Waals surface area contributed by atoms with Crippen LogP contribution in [-0.2, 0) is 6.61 Å².